The van der Waals surface area contributed by atoms with Gasteiger partial charge in [0.05, 0.1) is 6.61 Å². The third-order valence-electron chi connectivity index (χ3n) is 1.93. The largest absolute Gasteiger partial charge is 0.464 e. The number of anilines is 1. The summed E-state index contributed by atoms with van der Waals surface area (Å²) < 4.78 is 5.32. The fourth-order valence-corrected chi connectivity index (χ4v) is 2.05. The van der Waals surface area contributed by atoms with Gasteiger partial charge in [-0.25, -0.2) is 0 Å². The first-order valence-electron chi connectivity index (χ1n) is 6.05. The maximum absolute atomic E-state index is 5.32. The number of nitrogens with one attached hydrogen (secondary N) is 1. The fraction of sp³-hybridized carbons (Fsp3) is 0.727. The molecular formula is C11H20N4OS. The minimum atomic E-state index is 0.400. The van der Waals surface area contributed by atoms with Crippen LogP contribution in [-0.4, -0.2) is 33.9 Å². The SMILES string of the molecule is CCCCSc1nc(NCC)nc(OCC)n1. The van der Waals surface area contributed by atoms with E-state index in [1.54, 1.807) is 11.8 Å². The Bertz CT molecular complexity index is 311. The maximum Gasteiger partial charge on any atom is 0.322 e. The van der Waals surface area contributed by atoms with E-state index in [1.807, 2.05) is 13.8 Å². The molecule has 1 aromatic rings. The van der Waals surface area contributed by atoms with Gasteiger partial charge in [-0.2, -0.15) is 15.0 Å². The third-order valence-corrected chi connectivity index (χ3v) is 2.87. The minimum absolute atomic E-state index is 0.400. The van der Waals surface area contributed by atoms with Crippen molar-refractivity contribution in [3.8, 4) is 6.01 Å². The molecule has 0 saturated heterocycles. The van der Waals surface area contributed by atoms with E-state index in [9.17, 15) is 0 Å². The lowest BCUT2D eigenvalue weighted by atomic mass is 10.4. The van der Waals surface area contributed by atoms with Gasteiger partial charge in [-0.3, -0.25) is 0 Å². The smallest absolute Gasteiger partial charge is 0.322 e. The van der Waals surface area contributed by atoms with Gasteiger partial charge in [0.1, 0.15) is 0 Å². The van der Waals surface area contributed by atoms with Crippen LogP contribution in [0.3, 0.4) is 0 Å². The molecule has 0 radical (unpaired) electrons. The number of rotatable bonds is 8. The molecule has 0 fully saturated rings. The van der Waals surface area contributed by atoms with E-state index in [0.29, 0.717) is 18.6 Å². The van der Waals surface area contributed by atoms with E-state index in [4.69, 9.17) is 4.74 Å². The van der Waals surface area contributed by atoms with E-state index in [2.05, 4.69) is 27.2 Å². The molecule has 0 bridgehead atoms. The lowest BCUT2D eigenvalue weighted by Crippen LogP contribution is -2.07. The number of nitrogens with zero attached hydrogens (tertiary/aromatic N) is 3. The zero-order valence-corrected chi connectivity index (χ0v) is 11.5. The number of ether oxygens (including phenoxy) is 1. The summed E-state index contributed by atoms with van der Waals surface area (Å²) in [5.74, 6) is 1.61. The van der Waals surface area contributed by atoms with Crippen molar-refractivity contribution in [3.63, 3.8) is 0 Å². The average Bonchev–Trinajstić information content (AvgIpc) is 2.30. The molecule has 0 aliphatic rings. The van der Waals surface area contributed by atoms with Crippen LogP contribution in [0.4, 0.5) is 5.95 Å². The molecule has 1 heterocycles. The summed E-state index contributed by atoms with van der Waals surface area (Å²) in [5.41, 5.74) is 0. The summed E-state index contributed by atoms with van der Waals surface area (Å²) >= 11 is 1.64. The monoisotopic (exact) mass is 256 g/mol. The first kappa shape index (κ1) is 14.0. The first-order chi connectivity index (χ1) is 8.30. The molecule has 1 aromatic heterocycles. The van der Waals surface area contributed by atoms with Crippen LogP contribution < -0.4 is 10.1 Å². The molecule has 5 nitrogen and oxygen atoms in total. The van der Waals surface area contributed by atoms with Gasteiger partial charge in [-0.1, -0.05) is 25.1 Å². The highest BCUT2D eigenvalue weighted by molar-refractivity contribution is 7.99. The van der Waals surface area contributed by atoms with Crippen molar-refractivity contribution in [2.24, 2.45) is 0 Å². The van der Waals surface area contributed by atoms with Crippen molar-refractivity contribution in [1.29, 1.82) is 0 Å². The summed E-state index contributed by atoms with van der Waals surface area (Å²) in [7, 11) is 0. The molecule has 0 amide bonds. The molecule has 1 rings (SSSR count). The van der Waals surface area contributed by atoms with Gasteiger partial charge < -0.3 is 10.1 Å². The van der Waals surface area contributed by atoms with Gasteiger partial charge in [0.25, 0.3) is 0 Å². The summed E-state index contributed by atoms with van der Waals surface area (Å²) in [5, 5.41) is 3.81. The van der Waals surface area contributed by atoms with Gasteiger partial charge in [0.15, 0.2) is 5.16 Å². The third kappa shape index (κ3) is 5.21. The second kappa shape index (κ2) is 8.11. The lowest BCUT2D eigenvalue weighted by molar-refractivity contribution is 0.308. The quantitative estimate of drug-likeness (QED) is 0.570. The lowest BCUT2D eigenvalue weighted by Gasteiger charge is -2.07. The Labute approximate surface area is 107 Å². The predicted molar refractivity (Wildman–Crippen MR) is 70.8 cm³/mol. The summed E-state index contributed by atoms with van der Waals surface area (Å²) in [4.78, 5) is 12.8. The van der Waals surface area contributed by atoms with E-state index in [0.717, 1.165) is 23.9 Å². The molecule has 0 aromatic carbocycles. The Morgan fingerprint density at radius 3 is 2.65 bits per heavy atom. The molecule has 0 atom stereocenters. The Balaban J connectivity index is 2.72. The standard InChI is InChI=1S/C11H20N4OS/c1-4-7-8-17-11-14-9(12-5-2)13-10(15-11)16-6-3/h4-8H2,1-3H3,(H,12,13,14,15). The number of hydrogen-bond acceptors (Lipinski definition) is 6. The van der Waals surface area contributed by atoms with E-state index < -0.39 is 0 Å². The molecule has 1 N–H and O–H groups in total. The van der Waals surface area contributed by atoms with Gasteiger partial charge in [0.2, 0.25) is 5.95 Å². The topological polar surface area (TPSA) is 59.9 Å². The highest BCUT2D eigenvalue weighted by Gasteiger charge is 2.06. The van der Waals surface area contributed by atoms with Crippen molar-refractivity contribution in [3.05, 3.63) is 0 Å². The molecule has 96 valence electrons. The molecule has 0 aliphatic carbocycles. The van der Waals surface area contributed by atoms with Crippen LogP contribution in [0.15, 0.2) is 5.16 Å². The molecule has 17 heavy (non-hydrogen) atoms. The second-order valence-electron chi connectivity index (χ2n) is 3.39. The fourth-order valence-electron chi connectivity index (χ4n) is 1.14. The van der Waals surface area contributed by atoms with Gasteiger partial charge in [-0.05, 0) is 20.3 Å². The van der Waals surface area contributed by atoms with Crippen molar-refractivity contribution in [2.75, 3.05) is 24.2 Å². The number of thioether (sulfide) groups is 1. The Kier molecular flexibility index (Phi) is 6.69. The number of aromatic nitrogens is 3. The molecular weight excluding hydrogens is 236 g/mol. The molecule has 0 unspecified atom stereocenters. The summed E-state index contributed by atoms with van der Waals surface area (Å²) in [6.07, 6.45) is 2.34. The number of unbranched alkanes of at least 4 members (excludes halogenated alkanes) is 1. The normalized spacial score (nSPS) is 10.3. The van der Waals surface area contributed by atoms with E-state index >= 15 is 0 Å². The van der Waals surface area contributed by atoms with Crippen LogP contribution in [-0.2, 0) is 0 Å². The van der Waals surface area contributed by atoms with E-state index in [-0.39, 0.29) is 0 Å². The van der Waals surface area contributed by atoms with Crippen LogP contribution in [0.25, 0.3) is 0 Å². The summed E-state index contributed by atoms with van der Waals surface area (Å²) in [6, 6.07) is 0.400. The molecule has 0 aliphatic heterocycles. The van der Waals surface area contributed by atoms with Gasteiger partial charge in [-0.15, -0.1) is 0 Å². The Morgan fingerprint density at radius 1 is 1.18 bits per heavy atom. The van der Waals surface area contributed by atoms with Crippen molar-refractivity contribution in [1.82, 2.24) is 15.0 Å². The molecule has 0 saturated carbocycles. The highest BCUT2D eigenvalue weighted by Crippen LogP contribution is 2.18. The van der Waals surface area contributed by atoms with Crippen LogP contribution in [0, 0.1) is 0 Å². The van der Waals surface area contributed by atoms with Crippen LogP contribution in [0.2, 0.25) is 0 Å². The zero-order chi connectivity index (χ0) is 12.5. The second-order valence-corrected chi connectivity index (χ2v) is 4.45. The summed E-state index contributed by atoms with van der Waals surface area (Å²) in [6.45, 7) is 7.45. The van der Waals surface area contributed by atoms with Gasteiger partial charge in [0, 0.05) is 12.3 Å². The Morgan fingerprint density at radius 2 is 2.00 bits per heavy atom. The van der Waals surface area contributed by atoms with Crippen molar-refractivity contribution >= 4 is 17.7 Å². The molecule has 6 heteroatoms. The maximum atomic E-state index is 5.32. The predicted octanol–water partition coefficient (Wildman–Crippen LogP) is 2.59. The molecule has 0 spiro atoms. The highest BCUT2D eigenvalue weighted by atomic mass is 32.2. The van der Waals surface area contributed by atoms with Crippen molar-refractivity contribution in [2.45, 2.75) is 38.8 Å². The van der Waals surface area contributed by atoms with Crippen LogP contribution >= 0.6 is 11.8 Å². The minimum Gasteiger partial charge on any atom is -0.464 e. The Hall–Kier alpha value is -1.04. The van der Waals surface area contributed by atoms with Crippen molar-refractivity contribution < 1.29 is 4.74 Å². The number of hydrogen-bond donors (Lipinski definition) is 1. The average molecular weight is 256 g/mol. The van der Waals surface area contributed by atoms with Crippen LogP contribution in [0.5, 0.6) is 6.01 Å². The van der Waals surface area contributed by atoms with Gasteiger partial charge >= 0.3 is 6.01 Å². The van der Waals surface area contributed by atoms with Crippen LogP contribution in [0.1, 0.15) is 33.6 Å². The zero-order valence-electron chi connectivity index (χ0n) is 10.7. The first-order valence-corrected chi connectivity index (χ1v) is 7.04. The van der Waals surface area contributed by atoms with E-state index in [1.165, 1.54) is 6.42 Å².